The van der Waals surface area contributed by atoms with Crippen molar-refractivity contribution in [1.82, 2.24) is 0 Å². The number of fused-ring (bicyclic) bond motifs is 1. The summed E-state index contributed by atoms with van der Waals surface area (Å²) in [6.45, 7) is 6.16. The van der Waals surface area contributed by atoms with Crippen LogP contribution in [0.25, 0.3) is 0 Å². The Bertz CT molecular complexity index is 1060. The molecule has 3 aromatic rings. The summed E-state index contributed by atoms with van der Waals surface area (Å²) < 4.78 is 13.7. The number of halogens is 1. The lowest BCUT2D eigenvalue weighted by Gasteiger charge is -2.41. The lowest BCUT2D eigenvalue weighted by Crippen LogP contribution is -2.45. The van der Waals surface area contributed by atoms with Crippen LogP contribution in [0, 0.1) is 19.7 Å². The minimum Gasteiger partial charge on any atom is -0.378 e. The van der Waals surface area contributed by atoms with Crippen LogP contribution in [0.1, 0.15) is 46.4 Å². The van der Waals surface area contributed by atoms with E-state index < -0.39 is 5.82 Å². The SMILES string of the molecule is Cc1ccccc1N[C@@H]1C[C@H](C)N(C(=O)c2cccc(F)c2)c2c(C)cccc21. The van der Waals surface area contributed by atoms with Gasteiger partial charge in [-0.15, -0.1) is 0 Å². The van der Waals surface area contributed by atoms with Crippen molar-refractivity contribution in [3.8, 4) is 0 Å². The van der Waals surface area contributed by atoms with E-state index in [0.29, 0.717) is 5.56 Å². The molecule has 1 aliphatic rings. The van der Waals surface area contributed by atoms with Gasteiger partial charge in [0.15, 0.2) is 0 Å². The molecule has 3 aromatic carbocycles. The summed E-state index contributed by atoms with van der Waals surface area (Å²) in [6.07, 6.45) is 0.770. The van der Waals surface area contributed by atoms with E-state index in [4.69, 9.17) is 0 Å². The van der Waals surface area contributed by atoms with Gasteiger partial charge in [-0.25, -0.2) is 4.39 Å². The van der Waals surface area contributed by atoms with Crippen LogP contribution in [0.5, 0.6) is 0 Å². The predicted molar refractivity (Wildman–Crippen MR) is 116 cm³/mol. The molecule has 3 nitrogen and oxygen atoms in total. The van der Waals surface area contributed by atoms with Crippen LogP contribution in [0.2, 0.25) is 0 Å². The Morgan fingerprint density at radius 3 is 2.48 bits per heavy atom. The van der Waals surface area contributed by atoms with Gasteiger partial charge >= 0.3 is 0 Å². The summed E-state index contributed by atoms with van der Waals surface area (Å²) in [5.41, 5.74) is 5.71. The summed E-state index contributed by atoms with van der Waals surface area (Å²) in [4.78, 5) is 15.2. The van der Waals surface area contributed by atoms with Gasteiger partial charge in [0, 0.05) is 17.3 Å². The Labute approximate surface area is 171 Å². The highest BCUT2D eigenvalue weighted by Crippen LogP contribution is 2.41. The first-order valence-electron chi connectivity index (χ1n) is 9.96. The monoisotopic (exact) mass is 388 g/mol. The summed E-state index contributed by atoms with van der Waals surface area (Å²) in [6, 6.07) is 20.4. The van der Waals surface area contributed by atoms with Crippen molar-refractivity contribution in [3.63, 3.8) is 0 Å². The zero-order chi connectivity index (χ0) is 20.5. The van der Waals surface area contributed by atoms with E-state index in [1.54, 1.807) is 12.1 Å². The van der Waals surface area contributed by atoms with Crippen LogP contribution >= 0.6 is 0 Å². The van der Waals surface area contributed by atoms with Crippen molar-refractivity contribution in [2.45, 2.75) is 39.3 Å². The molecule has 1 heterocycles. The fourth-order valence-electron chi connectivity index (χ4n) is 4.21. The average Bonchev–Trinajstić information content (AvgIpc) is 2.70. The number of nitrogens with zero attached hydrogens (tertiary/aromatic N) is 1. The molecule has 1 amide bonds. The van der Waals surface area contributed by atoms with Crippen LogP contribution in [0.4, 0.5) is 15.8 Å². The quantitative estimate of drug-likeness (QED) is 0.594. The molecule has 1 N–H and O–H groups in total. The lowest BCUT2D eigenvalue weighted by atomic mass is 9.88. The van der Waals surface area contributed by atoms with E-state index in [1.807, 2.05) is 36.1 Å². The fraction of sp³-hybridized carbons (Fsp3) is 0.240. The number of hydrogen-bond acceptors (Lipinski definition) is 2. The van der Waals surface area contributed by atoms with Gasteiger partial charge in [0.05, 0.1) is 11.7 Å². The maximum atomic E-state index is 13.7. The smallest absolute Gasteiger partial charge is 0.258 e. The standard InChI is InChI=1S/C25H25FN2O/c1-16-8-4-5-13-22(16)27-23-14-18(3)28(24-17(2)9-6-12-21(23)24)25(29)19-10-7-11-20(26)15-19/h4-13,15,18,23,27H,14H2,1-3H3/t18-,23+/m0/s1. The molecule has 1 aliphatic heterocycles. The molecule has 0 unspecified atom stereocenters. The maximum absolute atomic E-state index is 13.7. The third kappa shape index (κ3) is 3.63. The number of anilines is 2. The zero-order valence-corrected chi connectivity index (χ0v) is 16.9. The summed E-state index contributed by atoms with van der Waals surface area (Å²) in [5, 5.41) is 3.67. The van der Waals surface area contributed by atoms with Crippen LogP contribution in [-0.2, 0) is 0 Å². The molecule has 0 saturated carbocycles. The van der Waals surface area contributed by atoms with E-state index in [1.165, 1.54) is 17.7 Å². The van der Waals surface area contributed by atoms with Gasteiger partial charge in [0.2, 0.25) is 0 Å². The molecular weight excluding hydrogens is 363 g/mol. The van der Waals surface area contributed by atoms with Crippen LogP contribution in [0.15, 0.2) is 66.7 Å². The number of rotatable bonds is 3. The van der Waals surface area contributed by atoms with Gasteiger partial charge in [0.25, 0.3) is 5.91 Å². The van der Waals surface area contributed by atoms with Gasteiger partial charge in [-0.3, -0.25) is 4.79 Å². The Kier molecular flexibility index (Phi) is 5.10. The molecule has 0 radical (unpaired) electrons. The van der Waals surface area contributed by atoms with Crippen molar-refractivity contribution >= 4 is 17.3 Å². The highest BCUT2D eigenvalue weighted by Gasteiger charge is 2.35. The molecule has 0 aromatic heterocycles. The van der Waals surface area contributed by atoms with Gasteiger partial charge in [0.1, 0.15) is 5.82 Å². The topological polar surface area (TPSA) is 32.3 Å². The van der Waals surface area contributed by atoms with Crippen molar-refractivity contribution in [1.29, 1.82) is 0 Å². The number of para-hydroxylation sites is 2. The van der Waals surface area contributed by atoms with E-state index in [9.17, 15) is 9.18 Å². The fourth-order valence-corrected chi connectivity index (χ4v) is 4.21. The second-order valence-corrected chi connectivity index (χ2v) is 7.79. The van der Waals surface area contributed by atoms with Gasteiger partial charge in [-0.05, 0) is 68.1 Å². The summed E-state index contributed by atoms with van der Waals surface area (Å²) in [7, 11) is 0. The molecule has 0 saturated heterocycles. The molecule has 0 spiro atoms. The molecule has 29 heavy (non-hydrogen) atoms. The van der Waals surface area contributed by atoms with Crippen LogP contribution in [0.3, 0.4) is 0 Å². The first-order valence-corrected chi connectivity index (χ1v) is 9.96. The van der Waals surface area contributed by atoms with Crippen LogP contribution < -0.4 is 10.2 Å². The number of nitrogens with one attached hydrogen (secondary N) is 1. The Balaban J connectivity index is 1.75. The van der Waals surface area contributed by atoms with Gasteiger partial charge in [-0.1, -0.05) is 42.5 Å². The van der Waals surface area contributed by atoms with Crippen LogP contribution in [-0.4, -0.2) is 11.9 Å². The molecule has 148 valence electrons. The molecule has 2 atom stereocenters. The number of carbonyl (C=O) groups excluding carboxylic acids is 1. The first kappa shape index (κ1) is 19.2. The molecule has 4 heteroatoms. The van der Waals surface area contributed by atoms with E-state index in [2.05, 4.69) is 37.4 Å². The number of carbonyl (C=O) groups is 1. The van der Waals surface area contributed by atoms with Crippen molar-refractivity contribution in [2.75, 3.05) is 10.2 Å². The highest BCUT2D eigenvalue weighted by atomic mass is 19.1. The number of aryl methyl sites for hydroxylation is 2. The number of amides is 1. The van der Waals surface area contributed by atoms with Gasteiger partial charge < -0.3 is 10.2 Å². The Hall–Kier alpha value is -3.14. The second-order valence-electron chi connectivity index (χ2n) is 7.79. The third-order valence-electron chi connectivity index (χ3n) is 5.67. The van der Waals surface area contributed by atoms with Crippen molar-refractivity contribution in [3.05, 3.63) is 94.8 Å². The number of hydrogen-bond donors (Lipinski definition) is 1. The van der Waals surface area contributed by atoms with Crippen molar-refractivity contribution in [2.24, 2.45) is 0 Å². The minimum absolute atomic E-state index is 0.0270. The normalized spacial score (nSPS) is 18.3. The molecule has 0 fully saturated rings. The molecule has 0 aliphatic carbocycles. The highest BCUT2D eigenvalue weighted by molar-refractivity contribution is 6.07. The molecular formula is C25H25FN2O. The number of benzene rings is 3. The average molecular weight is 388 g/mol. The Morgan fingerprint density at radius 2 is 1.72 bits per heavy atom. The van der Waals surface area contributed by atoms with E-state index in [0.717, 1.165) is 28.9 Å². The largest absolute Gasteiger partial charge is 0.378 e. The Morgan fingerprint density at radius 1 is 1.00 bits per heavy atom. The van der Waals surface area contributed by atoms with Crippen molar-refractivity contribution < 1.29 is 9.18 Å². The summed E-state index contributed by atoms with van der Waals surface area (Å²) in [5.74, 6) is -0.563. The second kappa shape index (κ2) is 7.70. The summed E-state index contributed by atoms with van der Waals surface area (Å²) >= 11 is 0. The molecule has 4 rings (SSSR count). The minimum atomic E-state index is -0.399. The van der Waals surface area contributed by atoms with E-state index >= 15 is 0 Å². The maximum Gasteiger partial charge on any atom is 0.258 e. The first-order chi connectivity index (χ1) is 14.0. The lowest BCUT2D eigenvalue weighted by molar-refractivity contribution is 0.0973. The van der Waals surface area contributed by atoms with E-state index in [-0.39, 0.29) is 18.0 Å². The molecule has 0 bridgehead atoms. The third-order valence-corrected chi connectivity index (χ3v) is 5.67. The van der Waals surface area contributed by atoms with Gasteiger partial charge in [-0.2, -0.15) is 0 Å². The zero-order valence-electron chi connectivity index (χ0n) is 16.9. The predicted octanol–water partition coefficient (Wildman–Crippen LogP) is 6.03.